The first-order valence-corrected chi connectivity index (χ1v) is 10.8. The smallest absolute Gasteiger partial charge is 0.407 e. The van der Waals surface area contributed by atoms with Crippen LogP contribution in [0.25, 0.3) is 0 Å². The third-order valence-corrected chi connectivity index (χ3v) is 5.33. The molecule has 0 unspecified atom stereocenters. The van der Waals surface area contributed by atoms with E-state index >= 15 is 0 Å². The van der Waals surface area contributed by atoms with Crippen LogP contribution in [0.2, 0.25) is 0 Å². The van der Waals surface area contributed by atoms with Crippen molar-refractivity contribution < 1.29 is 23.6 Å². The minimum atomic E-state index is -0.720. The fourth-order valence-corrected chi connectivity index (χ4v) is 3.79. The highest BCUT2D eigenvalue weighted by molar-refractivity contribution is 5.78. The summed E-state index contributed by atoms with van der Waals surface area (Å²) in [7, 11) is 0. The molecule has 0 saturated carbocycles. The molecule has 0 radical (unpaired) electrons. The van der Waals surface area contributed by atoms with E-state index in [9.17, 15) is 24.1 Å². The van der Waals surface area contributed by atoms with E-state index in [-0.39, 0.29) is 31.0 Å². The maximum atomic E-state index is 14.2. The number of hydrogen-bond donors (Lipinski definition) is 1. The van der Waals surface area contributed by atoms with Crippen molar-refractivity contribution in [1.29, 1.82) is 0 Å². The van der Waals surface area contributed by atoms with Gasteiger partial charge in [-0.15, -0.1) is 0 Å². The number of nitrogens with zero attached hydrogens (tertiary/aromatic N) is 2. The van der Waals surface area contributed by atoms with Crippen molar-refractivity contribution >= 4 is 17.7 Å². The minimum absolute atomic E-state index is 0.0212. The summed E-state index contributed by atoms with van der Waals surface area (Å²) in [6.07, 6.45) is -0.0432. The molecule has 0 saturated heterocycles. The number of alkyl carbamates (subject to hydrolysis) is 1. The second kappa shape index (κ2) is 9.97. The van der Waals surface area contributed by atoms with Gasteiger partial charge in [0.25, 0.3) is 5.69 Å². The Morgan fingerprint density at radius 3 is 2.61 bits per heavy atom. The summed E-state index contributed by atoms with van der Waals surface area (Å²) in [5.74, 6) is -0.648. The first-order valence-electron chi connectivity index (χ1n) is 10.8. The highest BCUT2D eigenvalue weighted by atomic mass is 19.1. The summed E-state index contributed by atoms with van der Waals surface area (Å²) >= 11 is 0. The van der Waals surface area contributed by atoms with Crippen LogP contribution in [-0.2, 0) is 28.9 Å². The number of non-ortho nitro benzene ring substituents is 1. The number of ether oxygens (including phenoxy) is 1. The van der Waals surface area contributed by atoms with Crippen LogP contribution in [-0.4, -0.2) is 40.0 Å². The quantitative estimate of drug-likeness (QED) is 0.519. The van der Waals surface area contributed by atoms with Gasteiger partial charge in [0.2, 0.25) is 5.91 Å². The number of carbonyl (C=O) groups excluding carboxylic acids is 2. The lowest BCUT2D eigenvalue weighted by Crippen LogP contribution is -2.44. The molecule has 0 aromatic heterocycles. The lowest BCUT2D eigenvalue weighted by atomic mass is 9.97. The van der Waals surface area contributed by atoms with Gasteiger partial charge in [0.05, 0.1) is 4.92 Å². The molecule has 1 N–H and O–H groups in total. The average molecular weight is 458 g/mol. The van der Waals surface area contributed by atoms with E-state index in [0.717, 1.165) is 11.1 Å². The number of fused-ring (bicyclic) bond motifs is 1. The number of nitro groups is 1. The zero-order valence-corrected chi connectivity index (χ0v) is 19.0. The molecule has 1 aliphatic heterocycles. The van der Waals surface area contributed by atoms with Crippen molar-refractivity contribution in [2.45, 2.75) is 58.2 Å². The number of rotatable bonds is 6. The van der Waals surface area contributed by atoms with E-state index in [2.05, 4.69) is 5.32 Å². The van der Waals surface area contributed by atoms with Crippen molar-refractivity contribution in [3.8, 4) is 0 Å². The molecule has 0 aliphatic carbocycles. The Labute approximate surface area is 191 Å². The van der Waals surface area contributed by atoms with Crippen molar-refractivity contribution in [2.75, 3.05) is 6.54 Å². The van der Waals surface area contributed by atoms with Gasteiger partial charge in [-0.25, -0.2) is 9.18 Å². The van der Waals surface area contributed by atoms with E-state index in [1.54, 1.807) is 49.9 Å². The van der Waals surface area contributed by atoms with Crippen molar-refractivity contribution in [2.24, 2.45) is 0 Å². The highest BCUT2D eigenvalue weighted by Crippen LogP contribution is 2.24. The van der Waals surface area contributed by atoms with Crippen LogP contribution >= 0.6 is 0 Å². The molecular formula is C24H28FN3O5. The fraction of sp³-hybridized carbons (Fsp3) is 0.417. The standard InChI is InChI=1S/C24H28FN3O5/c1-24(2,3)33-23(30)26-19(12-17-6-4-5-7-21(17)25)14-22(29)27-11-10-16-8-9-20(28(31)32)13-18(16)15-27/h4-9,13,19H,10-12,14-15H2,1-3H3,(H,26,30)/t19-/m1/s1. The summed E-state index contributed by atoms with van der Waals surface area (Å²) in [6.45, 7) is 5.90. The zero-order valence-electron chi connectivity index (χ0n) is 19.0. The fourth-order valence-electron chi connectivity index (χ4n) is 3.79. The van der Waals surface area contributed by atoms with Crippen LogP contribution in [0.5, 0.6) is 0 Å². The molecule has 2 amide bonds. The Kier molecular flexibility index (Phi) is 7.30. The molecule has 2 aromatic carbocycles. The molecule has 9 heteroatoms. The number of benzene rings is 2. The molecule has 33 heavy (non-hydrogen) atoms. The van der Waals surface area contributed by atoms with Gasteiger partial charge in [-0.05, 0) is 56.4 Å². The average Bonchev–Trinajstić information content (AvgIpc) is 2.73. The molecule has 8 nitrogen and oxygen atoms in total. The van der Waals surface area contributed by atoms with Crippen molar-refractivity contribution in [1.82, 2.24) is 10.2 Å². The van der Waals surface area contributed by atoms with Crippen LogP contribution in [0.15, 0.2) is 42.5 Å². The van der Waals surface area contributed by atoms with Crippen LogP contribution in [0.4, 0.5) is 14.9 Å². The number of carbonyl (C=O) groups is 2. The van der Waals surface area contributed by atoms with Crippen molar-refractivity contribution in [3.63, 3.8) is 0 Å². The molecule has 0 spiro atoms. The number of nitro benzene ring substituents is 1. The highest BCUT2D eigenvalue weighted by Gasteiger charge is 2.27. The predicted octanol–water partition coefficient (Wildman–Crippen LogP) is 4.14. The molecule has 1 heterocycles. The van der Waals surface area contributed by atoms with Gasteiger partial charge in [0.1, 0.15) is 11.4 Å². The molecule has 0 bridgehead atoms. The minimum Gasteiger partial charge on any atom is -0.444 e. The Balaban J connectivity index is 1.73. The first kappa shape index (κ1) is 24.2. The van der Waals surface area contributed by atoms with Gasteiger partial charge in [0, 0.05) is 37.7 Å². The molecule has 3 rings (SSSR count). The van der Waals surface area contributed by atoms with Gasteiger partial charge in [0.15, 0.2) is 0 Å². The normalized spacial score (nSPS) is 14.2. The summed E-state index contributed by atoms with van der Waals surface area (Å²) in [5.41, 5.74) is 1.34. The summed E-state index contributed by atoms with van der Waals surface area (Å²) in [6, 6.07) is 10.2. The Morgan fingerprint density at radius 2 is 1.94 bits per heavy atom. The third kappa shape index (κ3) is 6.74. The van der Waals surface area contributed by atoms with E-state index in [4.69, 9.17) is 4.74 Å². The van der Waals surface area contributed by atoms with E-state index < -0.39 is 28.5 Å². The third-order valence-electron chi connectivity index (χ3n) is 5.33. The molecule has 1 aliphatic rings. The number of amides is 2. The topological polar surface area (TPSA) is 102 Å². The van der Waals surface area contributed by atoms with Crippen LogP contribution in [0.3, 0.4) is 0 Å². The summed E-state index contributed by atoms with van der Waals surface area (Å²) < 4.78 is 19.5. The molecule has 0 fully saturated rings. The van der Waals surface area contributed by atoms with Crippen LogP contribution < -0.4 is 5.32 Å². The second-order valence-electron chi connectivity index (χ2n) is 9.12. The molecule has 1 atom stereocenters. The Hall–Kier alpha value is -3.49. The SMILES string of the molecule is CC(C)(C)OC(=O)N[C@@H](CC(=O)N1CCc2ccc([N+](=O)[O-])cc2C1)Cc1ccccc1F. The lowest BCUT2D eigenvalue weighted by molar-refractivity contribution is -0.385. The van der Waals surface area contributed by atoms with Gasteiger partial charge in [-0.3, -0.25) is 14.9 Å². The monoisotopic (exact) mass is 457 g/mol. The Bertz CT molecular complexity index is 1050. The molecule has 2 aromatic rings. The predicted molar refractivity (Wildman–Crippen MR) is 120 cm³/mol. The van der Waals surface area contributed by atoms with Crippen LogP contribution in [0, 0.1) is 15.9 Å². The maximum Gasteiger partial charge on any atom is 0.407 e. The van der Waals surface area contributed by atoms with Gasteiger partial charge in [-0.1, -0.05) is 24.3 Å². The zero-order chi connectivity index (χ0) is 24.2. The molecular weight excluding hydrogens is 429 g/mol. The maximum absolute atomic E-state index is 14.2. The number of hydrogen-bond acceptors (Lipinski definition) is 5. The summed E-state index contributed by atoms with van der Waals surface area (Å²) in [4.78, 5) is 37.7. The largest absolute Gasteiger partial charge is 0.444 e. The van der Waals surface area contributed by atoms with Gasteiger partial charge in [-0.2, -0.15) is 0 Å². The first-order chi connectivity index (χ1) is 15.5. The number of halogens is 1. The van der Waals surface area contributed by atoms with Gasteiger partial charge >= 0.3 is 6.09 Å². The van der Waals surface area contributed by atoms with E-state index in [1.807, 2.05) is 0 Å². The van der Waals surface area contributed by atoms with Crippen molar-refractivity contribution in [3.05, 3.63) is 75.1 Å². The Morgan fingerprint density at radius 1 is 1.21 bits per heavy atom. The van der Waals surface area contributed by atoms with E-state index in [0.29, 0.717) is 18.5 Å². The van der Waals surface area contributed by atoms with Crippen LogP contribution in [0.1, 0.15) is 43.9 Å². The second-order valence-corrected chi connectivity index (χ2v) is 9.12. The lowest BCUT2D eigenvalue weighted by Gasteiger charge is -2.30. The molecule has 176 valence electrons. The van der Waals surface area contributed by atoms with Gasteiger partial charge < -0.3 is 15.0 Å². The number of nitrogens with one attached hydrogen (secondary N) is 1. The summed E-state index contributed by atoms with van der Waals surface area (Å²) in [5, 5.41) is 13.8. The van der Waals surface area contributed by atoms with E-state index in [1.165, 1.54) is 18.2 Å².